The second-order valence-electron chi connectivity index (χ2n) is 22.0. The molecule has 0 aliphatic carbocycles. The van der Waals surface area contributed by atoms with Crippen LogP contribution in [0.25, 0.3) is 38.8 Å². The molecule has 0 spiro atoms. The van der Waals surface area contributed by atoms with Crippen LogP contribution in [0.1, 0.15) is 76.3 Å². The maximum absolute atomic E-state index is 5.20. The average Bonchev–Trinajstić information content (AvgIpc) is 4.00. The van der Waals surface area contributed by atoms with E-state index in [2.05, 4.69) is 311 Å². The predicted molar refractivity (Wildman–Crippen MR) is 314 cm³/mol. The van der Waals surface area contributed by atoms with Crippen molar-refractivity contribution in [3.63, 3.8) is 0 Å². The minimum atomic E-state index is -0.463. The van der Waals surface area contributed by atoms with Crippen LogP contribution in [0.3, 0.4) is 0 Å². The third-order valence-electron chi connectivity index (χ3n) is 15.1. The quantitative estimate of drug-likeness (QED) is 0.128. The first-order valence-electron chi connectivity index (χ1n) is 26.0. The summed E-state index contributed by atoms with van der Waals surface area (Å²) >= 11 is 0. The van der Waals surface area contributed by atoms with Gasteiger partial charge in [-0.15, -0.1) is 48.1 Å². The standard InChI is InChI=1S/C70H60N5.Pt/c1-68(2,3)54-42-55(69(4,5)6)44-60(43-54)73-48-72(64-33-20-21-34-65(64)73)57-31-22-32-58(46-57)74(56-29-18-11-19-30-56)59-36-37-61-62-41-50(49-23-12-8-13-24-49)35-38-63(62)75(66(61)47-59)67-45-53(39-40-71-67)70(7,51-25-14-9-15-26-51)52-27-16-10-17-28-52;/h8-45,48H,1-7H3;/q-3;. The van der Waals surface area contributed by atoms with Gasteiger partial charge < -0.3 is 19.3 Å². The van der Waals surface area contributed by atoms with Crippen LogP contribution in [-0.2, 0) is 37.3 Å². The zero-order valence-corrected chi connectivity index (χ0v) is 46.3. The Kier molecular flexibility index (Phi) is 13.2. The molecule has 12 rings (SSSR count). The second kappa shape index (κ2) is 19.9. The Balaban J connectivity index is 0.00000616. The SMILES string of the molecule is CC(C)(C)c1cc(N2[CH-]N(c3[c-]c(N(c4[c-]c5c(cc4)c4cc(-c6ccccc6)ccc4n5-c4cc(C(C)(c5ccccc5)c5ccccc5)ccn4)c4ccccc4)ccc3)c3ccccc32)cc(C(C)(C)C)c1.[Pt]. The summed E-state index contributed by atoms with van der Waals surface area (Å²) in [6, 6.07) is 88.7. The molecule has 0 N–H and O–H groups in total. The Hall–Kier alpha value is -7.98. The number of hydrogen-bond donors (Lipinski definition) is 0. The van der Waals surface area contributed by atoms with Gasteiger partial charge in [0.05, 0.1) is 0 Å². The molecule has 0 unspecified atom stereocenters. The van der Waals surface area contributed by atoms with E-state index in [-0.39, 0.29) is 31.9 Å². The first kappa shape index (κ1) is 50.2. The van der Waals surface area contributed by atoms with E-state index >= 15 is 0 Å². The largest absolute Gasteiger partial charge is 0.493 e. The summed E-state index contributed by atoms with van der Waals surface area (Å²) in [5.41, 5.74) is 17.0. The van der Waals surface area contributed by atoms with Crippen molar-refractivity contribution in [1.29, 1.82) is 0 Å². The van der Waals surface area contributed by atoms with Crippen LogP contribution in [0.4, 0.5) is 39.8 Å². The monoisotopic (exact) mass is 1170 g/mol. The van der Waals surface area contributed by atoms with Crippen LogP contribution in [-0.4, -0.2) is 9.55 Å². The van der Waals surface area contributed by atoms with Gasteiger partial charge in [-0.3, -0.25) is 0 Å². The molecule has 76 heavy (non-hydrogen) atoms. The topological polar surface area (TPSA) is 27.5 Å². The van der Waals surface area contributed by atoms with Crippen molar-refractivity contribution in [3.8, 4) is 16.9 Å². The number of rotatable bonds is 10. The molecular formula is C70H60N5Pt-3. The molecule has 0 radical (unpaired) electrons. The fraction of sp³-hybridized carbons (Fsp3) is 0.143. The van der Waals surface area contributed by atoms with Crippen molar-refractivity contribution in [2.75, 3.05) is 14.7 Å². The van der Waals surface area contributed by atoms with Gasteiger partial charge in [-0.25, -0.2) is 4.98 Å². The molecule has 0 saturated heterocycles. The van der Waals surface area contributed by atoms with E-state index in [1.165, 1.54) is 27.8 Å². The van der Waals surface area contributed by atoms with E-state index in [1.54, 1.807) is 0 Å². The molecule has 0 amide bonds. The molecule has 0 bridgehead atoms. The number of hydrogen-bond acceptors (Lipinski definition) is 4. The minimum Gasteiger partial charge on any atom is -0.493 e. The van der Waals surface area contributed by atoms with E-state index < -0.39 is 5.41 Å². The van der Waals surface area contributed by atoms with Crippen molar-refractivity contribution in [3.05, 3.63) is 277 Å². The van der Waals surface area contributed by atoms with Crippen LogP contribution < -0.4 is 14.7 Å². The van der Waals surface area contributed by atoms with Crippen molar-refractivity contribution < 1.29 is 21.1 Å². The number of benzene rings is 9. The number of aromatic nitrogens is 2. The van der Waals surface area contributed by atoms with Crippen molar-refractivity contribution in [1.82, 2.24) is 9.55 Å². The van der Waals surface area contributed by atoms with Crippen molar-refractivity contribution in [2.45, 2.75) is 64.7 Å². The fourth-order valence-corrected chi connectivity index (χ4v) is 10.8. The van der Waals surface area contributed by atoms with Crippen LogP contribution in [0.15, 0.2) is 231 Å². The average molecular weight is 1170 g/mol. The molecule has 1 aliphatic heterocycles. The van der Waals surface area contributed by atoms with Crippen LogP contribution in [0, 0.1) is 18.8 Å². The molecular weight excluding hydrogens is 1110 g/mol. The van der Waals surface area contributed by atoms with Gasteiger partial charge in [-0.1, -0.05) is 198 Å². The van der Waals surface area contributed by atoms with Gasteiger partial charge in [-0.2, -0.15) is 12.1 Å². The van der Waals surface area contributed by atoms with Crippen LogP contribution in [0.2, 0.25) is 0 Å². The van der Waals surface area contributed by atoms with Gasteiger partial charge in [0.25, 0.3) is 0 Å². The van der Waals surface area contributed by atoms with Gasteiger partial charge in [-0.05, 0) is 117 Å². The normalized spacial score (nSPS) is 12.7. The number of pyridine rings is 1. The van der Waals surface area contributed by atoms with E-state index in [0.717, 1.165) is 78.6 Å². The molecule has 2 aromatic heterocycles. The fourth-order valence-electron chi connectivity index (χ4n) is 10.8. The molecule has 5 nitrogen and oxygen atoms in total. The smallest absolute Gasteiger partial charge is 0.135 e. The van der Waals surface area contributed by atoms with Crippen LogP contribution >= 0.6 is 0 Å². The first-order chi connectivity index (χ1) is 36.3. The van der Waals surface area contributed by atoms with Gasteiger partial charge in [0.2, 0.25) is 0 Å². The summed E-state index contributed by atoms with van der Waals surface area (Å²) in [7, 11) is 0. The Morgan fingerprint density at radius 1 is 0.447 bits per heavy atom. The van der Waals surface area contributed by atoms with Crippen molar-refractivity contribution in [2.24, 2.45) is 0 Å². The molecule has 11 aromatic rings. The summed E-state index contributed by atoms with van der Waals surface area (Å²) in [5.74, 6) is 0.821. The molecule has 6 heteroatoms. The van der Waals surface area contributed by atoms with Gasteiger partial charge in [0, 0.05) is 60.9 Å². The molecule has 378 valence electrons. The van der Waals surface area contributed by atoms with Gasteiger partial charge >= 0.3 is 0 Å². The van der Waals surface area contributed by atoms with Crippen molar-refractivity contribution >= 4 is 61.6 Å². The number of anilines is 7. The number of fused-ring (bicyclic) bond motifs is 4. The molecule has 0 saturated carbocycles. The molecule has 9 aromatic carbocycles. The number of para-hydroxylation sites is 3. The maximum atomic E-state index is 5.20. The first-order valence-corrected chi connectivity index (χ1v) is 26.0. The maximum Gasteiger partial charge on any atom is 0.135 e. The summed E-state index contributed by atoms with van der Waals surface area (Å²) in [5, 5.41) is 2.22. The third-order valence-corrected chi connectivity index (χ3v) is 15.1. The molecule has 3 heterocycles. The van der Waals surface area contributed by atoms with Crippen LogP contribution in [0.5, 0.6) is 0 Å². The summed E-state index contributed by atoms with van der Waals surface area (Å²) in [4.78, 5) is 12.1. The second-order valence-corrected chi connectivity index (χ2v) is 22.0. The summed E-state index contributed by atoms with van der Waals surface area (Å²) in [6.07, 6.45) is 1.96. The zero-order valence-electron chi connectivity index (χ0n) is 44.1. The number of nitrogens with zero attached hydrogens (tertiary/aromatic N) is 5. The zero-order chi connectivity index (χ0) is 51.5. The predicted octanol–water partition coefficient (Wildman–Crippen LogP) is 18.3. The molecule has 0 fully saturated rings. The Morgan fingerprint density at radius 3 is 1.66 bits per heavy atom. The van der Waals surface area contributed by atoms with E-state index in [4.69, 9.17) is 4.98 Å². The molecule has 1 aliphatic rings. The third kappa shape index (κ3) is 9.11. The van der Waals surface area contributed by atoms with E-state index in [9.17, 15) is 0 Å². The van der Waals surface area contributed by atoms with E-state index in [0.29, 0.717) is 0 Å². The Labute approximate surface area is 463 Å². The minimum absolute atomic E-state index is 0. The summed E-state index contributed by atoms with van der Waals surface area (Å²) < 4.78 is 2.30. The van der Waals surface area contributed by atoms with Gasteiger partial charge in [0.15, 0.2) is 0 Å². The Morgan fingerprint density at radius 2 is 1.03 bits per heavy atom. The van der Waals surface area contributed by atoms with Gasteiger partial charge in [0.1, 0.15) is 5.82 Å². The summed E-state index contributed by atoms with van der Waals surface area (Å²) in [6.45, 7) is 18.3. The van der Waals surface area contributed by atoms with E-state index in [1.807, 2.05) is 6.20 Å². The molecule has 0 atom stereocenters. The Bertz CT molecular complexity index is 3780.